The fourth-order valence-corrected chi connectivity index (χ4v) is 5.13. The highest BCUT2D eigenvalue weighted by atomic mass is 32.1. The van der Waals surface area contributed by atoms with Crippen LogP contribution in [-0.2, 0) is 19.6 Å². The summed E-state index contributed by atoms with van der Waals surface area (Å²) in [6.07, 6.45) is 2.23. The Hall–Kier alpha value is -1.76. The van der Waals surface area contributed by atoms with E-state index in [1.807, 2.05) is 34.2 Å². The van der Waals surface area contributed by atoms with Crippen molar-refractivity contribution in [1.29, 1.82) is 0 Å². The Labute approximate surface area is 163 Å². The first-order chi connectivity index (χ1) is 12.7. The first kappa shape index (κ1) is 17.6. The third-order valence-electron chi connectivity index (χ3n) is 5.18. The van der Waals surface area contributed by atoms with Crippen molar-refractivity contribution in [2.75, 3.05) is 6.54 Å². The van der Waals surface area contributed by atoms with E-state index < -0.39 is 0 Å². The molecule has 26 heavy (non-hydrogen) atoms. The van der Waals surface area contributed by atoms with Crippen LogP contribution in [0.2, 0.25) is 0 Å². The number of benzene rings is 1. The topological polar surface area (TPSA) is 26.0 Å². The molecule has 1 aliphatic rings. The molecule has 0 radical (unpaired) electrons. The average Bonchev–Trinajstić information content (AvgIpc) is 3.27. The van der Waals surface area contributed by atoms with Crippen LogP contribution in [0.15, 0.2) is 41.8 Å². The van der Waals surface area contributed by atoms with E-state index in [9.17, 15) is 0 Å². The van der Waals surface area contributed by atoms with E-state index in [-0.39, 0.29) is 0 Å². The molecule has 0 saturated carbocycles. The van der Waals surface area contributed by atoms with Gasteiger partial charge in [0.25, 0.3) is 0 Å². The van der Waals surface area contributed by atoms with Gasteiger partial charge >= 0.3 is 0 Å². The summed E-state index contributed by atoms with van der Waals surface area (Å²) in [5.74, 6) is 0.958. The van der Waals surface area contributed by atoms with Gasteiger partial charge in [-0.1, -0.05) is 37.3 Å². The Balaban J connectivity index is 1.67. The Morgan fingerprint density at radius 2 is 2.00 bits per heavy atom. The van der Waals surface area contributed by atoms with E-state index in [4.69, 9.17) is 17.3 Å². The molecular formula is C20H24N4S2. The maximum atomic E-state index is 5.76. The molecular weight excluding hydrogens is 360 g/mol. The molecule has 3 aromatic rings. The van der Waals surface area contributed by atoms with Crippen LogP contribution in [0.3, 0.4) is 0 Å². The van der Waals surface area contributed by atoms with Gasteiger partial charge in [-0.3, -0.25) is 4.90 Å². The lowest BCUT2D eigenvalue weighted by atomic mass is 9.98. The molecule has 0 fully saturated rings. The number of hydrogen-bond donors (Lipinski definition) is 0. The Morgan fingerprint density at radius 1 is 1.19 bits per heavy atom. The summed E-state index contributed by atoms with van der Waals surface area (Å²) in [5, 5.41) is 7.12. The molecule has 1 atom stereocenters. The minimum Gasteiger partial charge on any atom is -0.300 e. The van der Waals surface area contributed by atoms with Gasteiger partial charge in [0.05, 0.1) is 6.67 Å². The van der Waals surface area contributed by atoms with Gasteiger partial charge in [-0.05, 0) is 49.0 Å². The van der Waals surface area contributed by atoms with Crippen molar-refractivity contribution >= 4 is 23.6 Å². The maximum absolute atomic E-state index is 5.76. The minimum atomic E-state index is 0.457. The highest BCUT2D eigenvalue weighted by Crippen LogP contribution is 2.35. The molecule has 0 unspecified atom stereocenters. The SMILES string of the molecule is CC[C@H]1c2ccsc2CCN1Cn1nc(-c2ccccc2)n(CC)c1=S. The van der Waals surface area contributed by atoms with Gasteiger partial charge in [0.1, 0.15) is 0 Å². The molecule has 0 saturated heterocycles. The molecule has 0 bridgehead atoms. The number of fused-ring (bicyclic) bond motifs is 1. The van der Waals surface area contributed by atoms with Gasteiger partial charge < -0.3 is 4.57 Å². The average molecular weight is 385 g/mol. The molecule has 0 aliphatic carbocycles. The van der Waals surface area contributed by atoms with E-state index in [0.717, 1.165) is 48.8 Å². The predicted molar refractivity (Wildman–Crippen MR) is 110 cm³/mol. The molecule has 3 heterocycles. The van der Waals surface area contributed by atoms with Crippen LogP contribution in [0.25, 0.3) is 11.4 Å². The molecule has 0 amide bonds. The number of aromatic nitrogens is 3. The van der Waals surface area contributed by atoms with E-state index in [1.165, 1.54) is 5.56 Å². The first-order valence-corrected chi connectivity index (χ1v) is 10.5. The summed E-state index contributed by atoms with van der Waals surface area (Å²) in [7, 11) is 0. The predicted octanol–water partition coefficient (Wildman–Crippen LogP) is 5.13. The van der Waals surface area contributed by atoms with E-state index in [1.54, 1.807) is 4.88 Å². The largest absolute Gasteiger partial charge is 0.300 e. The molecule has 136 valence electrons. The van der Waals surface area contributed by atoms with Gasteiger partial charge in [-0.25, -0.2) is 4.68 Å². The normalized spacial score (nSPS) is 17.4. The summed E-state index contributed by atoms with van der Waals surface area (Å²) in [6.45, 7) is 7.03. The van der Waals surface area contributed by atoms with Gasteiger partial charge in [-0.2, -0.15) is 5.10 Å². The van der Waals surface area contributed by atoms with Crippen molar-refractivity contribution in [1.82, 2.24) is 19.2 Å². The van der Waals surface area contributed by atoms with Crippen molar-refractivity contribution in [2.24, 2.45) is 0 Å². The van der Waals surface area contributed by atoms with Crippen molar-refractivity contribution in [3.05, 3.63) is 57.0 Å². The molecule has 0 N–H and O–H groups in total. The van der Waals surface area contributed by atoms with Crippen LogP contribution in [0.5, 0.6) is 0 Å². The van der Waals surface area contributed by atoms with Crippen LogP contribution in [0.1, 0.15) is 36.8 Å². The lowest BCUT2D eigenvalue weighted by Crippen LogP contribution is -2.36. The Kier molecular flexibility index (Phi) is 5.07. The van der Waals surface area contributed by atoms with Gasteiger partial charge in [0.2, 0.25) is 0 Å². The summed E-state index contributed by atoms with van der Waals surface area (Å²) >= 11 is 7.64. The molecule has 1 aliphatic heterocycles. The summed E-state index contributed by atoms with van der Waals surface area (Å²) in [4.78, 5) is 4.06. The minimum absolute atomic E-state index is 0.457. The fraction of sp³-hybridized carbons (Fsp3) is 0.400. The van der Waals surface area contributed by atoms with Crippen LogP contribution in [0.4, 0.5) is 0 Å². The molecule has 0 spiro atoms. The van der Waals surface area contributed by atoms with E-state index in [0.29, 0.717) is 6.04 Å². The molecule has 6 heteroatoms. The first-order valence-electron chi connectivity index (χ1n) is 9.26. The number of nitrogens with zero attached hydrogens (tertiary/aromatic N) is 4. The smallest absolute Gasteiger partial charge is 0.199 e. The maximum Gasteiger partial charge on any atom is 0.199 e. The third-order valence-corrected chi connectivity index (χ3v) is 6.61. The molecule has 4 nitrogen and oxygen atoms in total. The Morgan fingerprint density at radius 3 is 2.73 bits per heavy atom. The number of rotatable bonds is 5. The fourth-order valence-electron chi connectivity index (χ4n) is 3.89. The van der Waals surface area contributed by atoms with Crippen LogP contribution >= 0.6 is 23.6 Å². The zero-order chi connectivity index (χ0) is 18.1. The van der Waals surface area contributed by atoms with Crippen molar-refractivity contribution in [2.45, 2.75) is 45.9 Å². The third kappa shape index (κ3) is 3.06. The highest BCUT2D eigenvalue weighted by molar-refractivity contribution is 7.71. The van der Waals surface area contributed by atoms with Crippen molar-refractivity contribution < 1.29 is 0 Å². The molecule has 2 aromatic heterocycles. The van der Waals surface area contributed by atoms with Crippen LogP contribution < -0.4 is 0 Å². The number of hydrogen-bond acceptors (Lipinski definition) is 4. The summed E-state index contributed by atoms with van der Waals surface area (Å²) in [5.41, 5.74) is 2.61. The highest BCUT2D eigenvalue weighted by Gasteiger charge is 2.27. The van der Waals surface area contributed by atoms with Crippen molar-refractivity contribution in [3.63, 3.8) is 0 Å². The Bertz CT molecular complexity index is 938. The zero-order valence-corrected chi connectivity index (χ0v) is 16.9. The van der Waals surface area contributed by atoms with Crippen LogP contribution in [-0.4, -0.2) is 25.8 Å². The second kappa shape index (κ2) is 7.47. The zero-order valence-electron chi connectivity index (χ0n) is 15.3. The van der Waals surface area contributed by atoms with E-state index in [2.05, 4.69) is 46.9 Å². The quantitative estimate of drug-likeness (QED) is 0.570. The number of thiophene rings is 1. The second-order valence-corrected chi connectivity index (χ2v) is 8.01. The monoisotopic (exact) mass is 384 g/mol. The standard InChI is InChI=1S/C20H24N4S2/c1-3-17-16-11-13-26-18(16)10-12-22(17)14-24-20(25)23(4-2)19(21-24)15-8-6-5-7-9-15/h5-9,11,13,17H,3-4,10,12,14H2,1-2H3/t17-/m0/s1. The van der Waals surface area contributed by atoms with Gasteiger partial charge in [-0.15, -0.1) is 11.3 Å². The van der Waals surface area contributed by atoms with Gasteiger partial charge in [0.15, 0.2) is 10.6 Å². The summed E-state index contributed by atoms with van der Waals surface area (Å²) in [6, 6.07) is 13.1. The lowest BCUT2D eigenvalue weighted by molar-refractivity contribution is 0.129. The van der Waals surface area contributed by atoms with E-state index >= 15 is 0 Å². The second-order valence-electron chi connectivity index (χ2n) is 6.64. The lowest BCUT2D eigenvalue weighted by Gasteiger charge is -2.35. The summed E-state index contributed by atoms with van der Waals surface area (Å²) < 4.78 is 4.93. The van der Waals surface area contributed by atoms with Gasteiger partial charge in [0, 0.05) is 29.6 Å². The molecule has 4 rings (SSSR count). The molecule has 1 aromatic carbocycles. The van der Waals surface area contributed by atoms with Crippen molar-refractivity contribution in [3.8, 4) is 11.4 Å². The van der Waals surface area contributed by atoms with Crippen LogP contribution in [0, 0.1) is 4.77 Å².